The van der Waals surface area contributed by atoms with Gasteiger partial charge < -0.3 is 14.6 Å². The van der Waals surface area contributed by atoms with Crippen molar-refractivity contribution in [3.63, 3.8) is 0 Å². The average Bonchev–Trinajstić information content (AvgIpc) is 3.28. The Kier molecular flexibility index (Phi) is 5.71. The fraction of sp³-hybridized carbons (Fsp3) is 0.500. The summed E-state index contributed by atoms with van der Waals surface area (Å²) in [7, 11) is 0.350. The van der Waals surface area contributed by atoms with Crippen LogP contribution in [0.15, 0.2) is 22.7 Å². The maximum atomic E-state index is 12.8. The van der Waals surface area contributed by atoms with Crippen LogP contribution in [-0.2, 0) is 16.6 Å². The number of rotatable bonds is 6. The smallest absolute Gasteiger partial charge is 0.255 e. The molecule has 9 nitrogen and oxygen atoms in total. The number of hydrogen-bond donors (Lipinski definition) is 1. The van der Waals surface area contributed by atoms with Crippen molar-refractivity contribution in [2.75, 3.05) is 38.3 Å². The molecular weight excluding hydrogens is 382 g/mol. The normalized spacial score (nSPS) is 17.6. The number of nitrogens with one attached hydrogen (secondary N) is 1. The fourth-order valence-electron chi connectivity index (χ4n) is 3.18. The predicted molar refractivity (Wildman–Crippen MR) is 105 cm³/mol. The van der Waals surface area contributed by atoms with Crippen LogP contribution in [0.4, 0.5) is 5.95 Å². The maximum Gasteiger partial charge on any atom is 0.255 e. The summed E-state index contributed by atoms with van der Waals surface area (Å²) in [4.78, 5) is 23.4. The van der Waals surface area contributed by atoms with Crippen LogP contribution in [0.5, 0.6) is 0 Å². The van der Waals surface area contributed by atoms with E-state index in [1.807, 2.05) is 33.2 Å². The van der Waals surface area contributed by atoms with E-state index >= 15 is 0 Å². The van der Waals surface area contributed by atoms with E-state index in [0.29, 0.717) is 42.5 Å². The molecule has 2 aromatic rings. The van der Waals surface area contributed by atoms with Crippen LogP contribution in [0.25, 0.3) is 0 Å². The summed E-state index contributed by atoms with van der Waals surface area (Å²) in [6, 6.07) is 3.64. The minimum atomic E-state index is -3.28. The van der Waals surface area contributed by atoms with Crippen molar-refractivity contribution < 1.29 is 17.6 Å². The van der Waals surface area contributed by atoms with E-state index in [1.54, 1.807) is 4.90 Å². The molecule has 0 aliphatic carbocycles. The average molecular weight is 407 g/mol. The predicted octanol–water partition coefficient (Wildman–Crippen LogP) is 1.12. The lowest BCUT2D eigenvalue weighted by Crippen LogP contribution is -2.29. The first kappa shape index (κ1) is 20.3. The molecule has 0 bridgehead atoms. The Morgan fingerprint density at radius 3 is 2.71 bits per heavy atom. The van der Waals surface area contributed by atoms with Crippen LogP contribution in [0.3, 0.4) is 0 Å². The van der Waals surface area contributed by atoms with E-state index in [1.165, 1.54) is 16.8 Å². The van der Waals surface area contributed by atoms with Gasteiger partial charge in [-0.3, -0.25) is 4.79 Å². The fourth-order valence-corrected chi connectivity index (χ4v) is 4.07. The van der Waals surface area contributed by atoms with Crippen molar-refractivity contribution in [1.82, 2.24) is 19.6 Å². The lowest BCUT2D eigenvalue weighted by molar-refractivity contribution is 0.0945. The largest absolute Gasteiger partial charge is 0.465 e. The minimum Gasteiger partial charge on any atom is -0.465 e. The summed E-state index contributed by atoms with van der Waals surface area (Å²) in [6.45, 7) is 2.81. The molecule has 0 saturated carbocycles. The third-order valence-corrected chi connectivity index (χ3v) is 5.95. The molecule has 1 fully saturated rings. The molecule has 1 aliphatic rings. The van der Waals surface area contributed by atoms with E-state index in [9.17, 15) is 13.2 Å². The van der Waals surface area contributed by atoms with Crippen LogP contribution < -0.4 is 10.2 Å². The molecule has 28 heavy (non-hydrogen) atoms. The zero-order valence-corrected chi connectivity index (χ0v) is 17.3. The van der Waals surface area contributed by atoms with Crippen molar-refractivity contribution in [2.24, 2.45) is 0 Å². The number of hydrogen-bond acceptors (Lipinski definition) is 7. The molecule has 3 heterocycles. The van der Waals surface area contributed by atoms with Gasteiger partial charge in [0.2, 0.25) is 16.0 Å². The molecule has 152 valence electrons. The van der Waals surface area contributed by atoms with Crippen LogP contribution in [0.1, 0.15) is 39.9 Å². The van der Waals surface area contributed by atoms with Crippen molar-refractivity contribution in [3.8, 4) is 0 Å². The van der Waals surface area contributed by atoms with Crippen molar-refractivity contribution in [2.45, 2.75) is 25.8 Å². The van der Waals surface area contributed by atoms with Gasteiger partial charge in [0.1, 0.15) is 11.5 Å². The SMILES string of the molecule is Cc1ccc(CNC(=O)c2cnc(N(C)C)nc2C2CCN(S(C)(=O)=O)C2)o1. The first-order chi connectivity index (χ1) is 13.1. The first-order valence-corrected chi connectivity index (χ1v) is 10.8. The summed E-state index contributed by atoms with van der Waals surface area (Å²) in [5, 5.41) is 2.82. The molecule has 3 rings (SSSR count). The maximum absolute atomic E-state index is 12.8. The Bertz CT molecular complexity index is 970. The Morgan fingerprint density at radius 1 is 1.39 bits per heavy atom. The number of amides is 1. The van der Waals surface area contributed by atoms with E-state index in [4.69, 9.17) is 4.42 Å². The van der Waals surface area contributed by atoms with Gasteiger partial charge in [0, 0.05) is 39.3 Å². The molecule has 1 atom stereocenters. The number of aromatic nitrogens is 2. The van der Waals surface area contributed by atoms with Gasteiger partial charge in [0.05, 0.1) is 24.1 Å². The van der Waals surface area contributed by atoms with Gasteiger partial charge in [0.15, 0.2) is 0 Å². The number of aryl methyl sites for hydroxylation is 1. The second kappa shape index (κ2) is 7.88. The van der Waals surface area contributed by atoms with Crippen LogP contribution in [0, 0.1) is 6.92 Å². The zero-order valence-electron chi connectivity index (χ0n) is 16.5. The lowest BCUT2D eigenvalue weighted by Gasteiger charge is -2.18. The molecule has 0 spiro atoms. The standard InChI is InChI=1S/C18H25N5O4S/c1-12-5-6-14(27-12)9-19-17(24)15-10-20-18(22(2)3)21-16(15)13-7-8-23(11-13)28(4,25)26/h5-6,10,13H,7-9,11H2,1-4H3,(H,19,24). The van der Waals surface area contributed by atoms with Crippen LogP contribution >= 0.6 is 0 Å². The quantitative estimate of drug-likeness (QED) is 0.764. The molecule has 0 radical (unpaired) electrons. The third kappa shape index (κ3) is 4.50. The van der Waals surface area contributed by atoms with Gasteiger partial charge in [-0.1, -0.05) is 0 Å². The highest BCUT2D eigenvalue weighted by Crippen LogP contribution is 2.30. The second-order valence-corrected chi connectivity index (χ2v) is 9.15. The van der Waals surface area contributed by atoms with E-state index in [-0.39, 0.29) is 18.4 Å². The highest BCUT2D eigenvalue weighted by Gasteiger charge is 2.33. The summed E-state index contributed by atoms with van der Waals surface area (Å²) < 4.78 is 30.6. The van der Waals surface area contributed by atoms with Gasteiger partial charge >= 0.3 is 0 Å². The van der Waals surface area contributed by atoms with Crippen LogP contribution in [0.2, 0.25) is 0 Å². The molecule has 1 saturated heterocycles. The van der Waals surface area contributed by atoms with Crippen LogP contribution in [-0.4, -0.2) is 62.0 Å². The van der Waals surface area contributed by atoms with E-state index in [0.717, 1.165) is 5.76 Å². The zero-order chi connectivity index (χ0) is 20.5. The second-order valence-electron chi connectivity index (χ2n) is 7.16. The summed E-state index contributed by atoms with van der Waals surface area (Å²) in [6.07, 6.45) is 3.30. The van der Waals surface area contributed by atoms with Gasteiger partial charge in [-0.05, 0) is 25.5 Å². The molecule has 10 heteroatoms. The number of furan rings is 1. The van der Waals surface area contributed by atoms with Gasteiger partial charge in [0.25, 0.3) is 5.91 Å². The molecule has 2 aromatic heterocycles. The highest BCUT2D eigenvalue weighted by atomic mass is 32.2. The van der Waals surface area contributed by atoms with Crippen molar-refractivity contribution in [3.05, 3.63) is 41.1 Å². The number of carbonyl (C=O) groups is 1. The van der Waals surface area contributed by atoms with Crippen molar-refractivity contribution >= 4 is 21.9 Å². The van der Waals surface area contributed by atoms with Gasteiger partial charge in [-0.2, -0.15) is 0 Å². The van der Waals surface area contributed by atoms with E-state index in [2.05, 4.69) is 15.3 Å². The highest BCUT2D eigenvalue weighted by molar-refractivity contribution is 7.88. The minimum absolute atomic E-state index is 0.164. The topological polar surface area (TPSA) is 109 Å². The van der Waals surface area contributed by atoms with E-state index < -0.39 is 10.0 Å². The summed E-state index contributed by atoms with van der Waals surface area (Å²) in [5.41, 5.74) is 0.923. The molecule has 1 amide bonds. The molecule has 1 aliphatic heterocycles. The van der Waals surface area contributed by atoms with Gasteiger partial charge in [-0.25, -0.2) is 22.7 Å². The Morgan fingerprint density at radius 2 is 2.14 bits per heavy atom. The Labute approximate surface area is 164 Å². The number of carbonyl (C=O) groups excluding carboxylic acids is 1. The summed E-state index contributed by atoms with van der Waals surface area (Å²) in [5.74, 6) is 1.43. The summed E-state index contributed by atoms with van der Waals surface area (Å²) >= 11 is 0. The first-order valence-electron chi connectivity index (χ1n) is 8.98. The molecular formula is C18H25N5O4S. The number of anilines is 1. The van der Waals surface area contributed by atoms with Crippen molar-refractivity contribution in [1.29, 1.82) is 0 Å². The lowest BCUT2D eigenvalue weighted by atomic mass is 10.00. The number of sulfonamides is 1. The molecule has 1 unspecified atom stereocenters. The number of nitrogens with zero attached hydrogens (tertiary/aromatic N) is 4. The van der Waals surface area contributed by atoms with Gasteiger partial charge in [-0.15, -0.1) is 0 Å². The molecule has 1 N–H and O–H groups in total. The monoisotopic (exact) mass is 407 g/mol. The third-order valence-electron chi connectivity index (χ3n) is 4.68. The molecule has 0 aromatic carbocycles. The Hall–Kier alpha value is -2.46. The Balaban J connectivity index is 1.85.